The molecule has 1 amide bonds. The number of carbonyl (C=O) groups excluding carboxylic acids is 1. The lowest BCUT2D eigenvalue weighted by Crippen LogP contribution is -2.41. The molecule has 2 fully saturated rings. The van der Waals surface area contributed by atoms with Crippen LogP contribution in [-0.2, 0) is 11.3 Å². The molecule has 5 heteroatoms. The van der Waals surface area contributed by atoms with E-state index < -0.39 is 0 Å². The zero-order valence-corrected chi connectivity index (χ0v) is 13.8. The van der Waals surface area contributed by atoms with Crippen molar-refractivity contribution in [2.45, 2.75) is 52.0 Å². The van der Waals surface area contributed by atoms with E-state index in [0.29, 0.717) is 17.7 Å². The molecule has 1 saturated carbocycles. The van der Waals surface area contributed by atoms with Gasteiger partial charge in [-0.1, -0.05) is 20.3 Å². The summed E-state index contributed by atoms with van der Waals surface area (Å²) in [5.41, 5.74) is 1.00. The minimum Gasteiger partial charge on any atom is -0.448 e. The highest BCUT2D eigenvalue weighted by Crippen LogP contribution is 2.28. The predicted octanol–water partition coefficient (Wildman–Crippen LogP) is 2.63. The van der Waals surface area contributed by atoms with Crippen LogP contribution in [-0.4, -0.2) is 46.9 Å². The summed E-state index contributed by atoms with van der Waals surface area (Å²) in [6, 6.07) is 0. The van der Waals surface area contributed by atoms with Gasteiger partial charge in [0, 0.05) is 44.6 Å². The Hall–Kier alpha value is -1.36. The van der Waals surface area contributed by atoms with E-state index in [2.05, 4.69) is 28.6 Å². The zero-order valence-electron chi connectivity index (χ0n) is 13.8. The van der Waals surface area contributed by atoms with Crippen LogP contribution in [0.3, 0.4) is 0 Å². The molecule has 0 N–H and O–H groups in total. The molecule has 0 radical (unpaired) electrons. The van der Waals surface area contributed by atoms with Crippen molar-refractivity contribution in [2.24, 2.45) is 5.92 Å². The van der Waals surface area contributed by atoms with Crippen LogP contribution in [0, 0.1) is 5.92 Å². The Bertz CT molecular complexity index is 508. The van der Waals surface area contributed by atoms with Crippen LogP contribution < -0.4 is 0 Å². The van der Waals surface area contributed by atoms with Gasteiger partial charge in [0.2, 0.25) is 5.91 Å². The van der Waals surface area contributed by atoms with Gasteiger partial charge in [0.05, 0.1) is 5.69 Å². The SMILES string of the molecule is CC(C)c1nc(CN2CCCN(C(=O)C3CCC3)CC2)co1. The molecule has 1 aliphatic heterocycles. The van der Waals surface area contributed by atoms with E-state index in [4.69, 9.17) is 4.42 Å². The van der Waals surface area contributed by atoms with Gasteiger partial charge in [-0.05, 0) is 19.3 Å². The molecule has 2 aliphatic rings. The highest BCUT2D eigenvalue weighted by atomic mass is 16.3. The van der Waals surface area contributed by atoms with Gasteiger partial charge in [-0.3, -0.25) is 9.69 Å². The first-order chi connectivity index (χ1) is 10.6. The minimum atomic E-state index is 0.315. The smallest absolute Gasteiger partial charge is 0.225 e. The van der Waals surface area contributed by atoms with Gasteiger partial charge in [0.25, 0.3) is 0 Å². The average molecular weight is 305 g/mol. The normalized spacial score (nSPS) is 21.0. The van der Waals surface area contributed by atoms with Crippen LogP contribution in [0.5, 0.6) is 0 Å². The number of carbonyl (C=O) groups is 1. The van der Waals surface area contributed by atoms with Gasteiger partial charge in [0.15, 0.2) is 5.89 Å². The molecule has 5 nitrogen and oxygen atoms in total. The average Bonchev–Trinajstić information content (AvgIpc) is 2.76. The summed E-state index contributed by atoms with van der Waals surface area (Å²) in [5.74, 6) is 1.84. The summed E-state index contributed by atoms with van der Waals surface area (Å²) >= 11 is 0. The van der Waals surface area contributed by atoms with Crippen molar-refractivity contribution in [1.29, 1.82) is 0 Å². The van der Waals surface area contributed by atoms with Gasteiger partial charge >= 0.3 is 0 Å². The molecule has 122 valence electrons. The van der Waals surface area contributed by atoms with E-state index in [1.54, 1.807) is 6.26 Å². The number of nitrogens with zero attached hydrogens (tertiary/aromatic N) is 3. The molecule has 3 rings (SSSR count). The fraction of sp³-hybridized carbons (Fsp3) is 0.765. The molecule has 1 saturated heterocycles. The van der Waals surface area contributed by atoms with Gasteiger partial charge < -0.3 is 9.32 Å². The number of amides is 1. The molecule has 1 aromatic rings. The lowest BCUT2D eigenvalue weighted by atomic mass is 9.84. The lowest BCUT2D eigenvalue weighted by molar-refractivity contribution is -0.138. The second-order valence-electron chi connectivity index (χ2n) is 6.91. The predicted molar refractivity (Wildman–Crippen MR) is 84.4 cm³/mol. The first kappa shape index (κ1) is 15.5. The number of hydrogen-bond donors (Lipinski definition) is 0. The fourth-order valence-electron chi connectivity index (χ4n) is 3.15. The Morgan fingerprint density at radius 2 is 2.09 bits per heavy atom. The Morgan fingerprint density at radius 1 is 1.27 bits per heavy atom. The third-order valence-corrected chi connectivity index (χ3v) is 4.80. The van der Waals surface area contributed by atoms with Crippen molar-refractivity contribution >= 4 is 5.91 Å². The van der Waals surface area contributed by atoms with Crippen molar-refractivity contribution < 1.29 is 9.21 Å². The number of hydrogen-bond acceptors (Lipinski definition) is 4. The van der Waals surface area contributed by atoms with Crippen LogP contribution in [0.4, 0.5) is 0 Å². The van der Waals surface area contributed by atoms with Gasteiger partial charge in [-0.15, -0.1) is 0 Å². The van der Waals surface area contributed by atoms with Crippen LogP contribution in [0.25, 0.3) is 0 Å². The summed E-state index contributed by atoms with van der Waals surface area (Å²) in [6.07, 6.45) is 6.23. The van der Waals surface area contributed by atoms with E-state index >= 15 is 0 Å². The van der Waals surface area contributed by atoms with Crippen molar-refractivity contribution in [3.05, 3.63) is 17.8 Å². The summed E-state index contributed by atoms with van der Waals surface area (Å²) in [4.78, 5) is 21.4. The maximum atomic E-state index is 12.4. The van der Waals surface area contributed by atoms with Crippen molar-refractivity contribution in [2.75, 3.05) is 26.2 Å². The summed E-state index contributed by atoms with van der Waals surface area (Å²) < 4.78 is 5.51. The standard InChI is InChI=1S/C17H27N3O2/c1-13(2)16-18-15(12-22-16)11-19-7-4-8-20(10-9-19)17(21)14-5-3-6-14/h12-14H,3-11H2,1-2H3. The minimum absolute atomic E-state index is 0.315. The van der Waals surface area contributed by atoms with Crippen molar-refractivity contribution in [3.63, 3.8) is 0 Å². The van der Waals surface area contributed by atoms with Crippen LogP contribution in [0.2, 0.25) is 0 Å². The Morgan fingerprint density at radius 3 is 2.73 bits per heavy atom. The van der Waals surface area contributed by atoms with Gasteiger partial charge in [-0.2, -0.15) is 0 Å². The Labute approximate surface area is 132 Å². The molecule has 0 spiro atoms. The summed E-state index contributed by atoms with van der Waals surface area (Å²) in [6.45, 7) is 8.71. The van der Waals surface area contributed by atoms with Crippen LogP contribution >= 0.6 is 0 Å². The molecular formula is C17H27N3O2. The lowest BCUT2D eigenvalue weighted by Gasteiger charge is -2.31. The highest BCUT2D eigenvalue weighted by Gasteiger charge is 2.30. The second kappa shape index (κ2) is 6.82. The summed E-state index contributed by atoms with van der Waals surface area (Å²) in [5, 5.41) is 0. The Balaban J connectivity index is 1.52. The van der Waals surface area contributed by atoms with Crippen LogP contribution in [0.15, 0.2) is 10.7 Å². The van der Waals surface area contributed by atoms with Gasteiger partial charge in [-0.25, -0.2) is 4.98 Å². The number of rotatable bonds is 4. The molecule has 0 unspecified atom stereocenters. The van der Waals surface area contributed by atoms with Crippen LogP contribution in [0.1, 0.15) is 57.0 Å². The number of oxazole rings is 1. The van der Waals surface area contributed by atoms with E-state index in [9.17, 15) is 4.79 Å². The molecule has 1 aromatic heterocycles. The molecule has 0 aromatic carbocycles. The molecule has 2 heterocycles. The highest BCUT2D eigenvalue weighted by molar-refractivity contribution is 5.79. The molecule has 22 heavy (non-hydrogen) atoms. The monoisotopic (exact) mass is 305 g/mol. The maximum Gasteiger partial charge on any atom is 0.225 e. The third kappa shape index (κ3) is 3.51. The quantitative estimate of drug-likeness (QED) is 0.858. The third-order valence-electron chi connectivity index (χ3n) is 4.80. The van der Waals surface area contributed by atoms with E-state index in [1.807, 2.05) is 0 Å². The molecular weight excluding hydrogens is 278 g/mol. The topological polar surface area (TPSA) is 49.6 Å². The maximum absolute atomic E-state index is 12.4. The van der Waals surface area contributed by atoms with Gasteiger partial charge in [0.1, 0.15) is 6.26 Å². The first-order valence-electron chi connectivity index (χ1n) is 8.59. The second-order valence-corrected chi connectivity index (χ2v) is 6.91. The zero-order chi connectivity index (χ0) is 15.5. The summed E-state index contributed by atoms with van der Waals surface area (Å²) in [7, 11) is 0. The first-order valence-corrected chi connectivity index (χ1v) is 8.59. The van der Waals surface area contributed by atoms with E-state index in [-0.39, 0.29) is 0 Å². The van der Waals surface area contributed by atoms with E-state index in [0.717, 1.165) is 63.6 Å². The number of aromatic nitrogens is 1. The largest absolute Gasteiger partial charge is 0.448 e. The van der Waals surface area contributed by atoms with Crippen molar-refractivity contribution in [1.82, 2.24) is 14.8 Å². The fourth-order valence-corrected chi connectivity index (χ4v) is 3.15. The molecule has 1 aliphatic carbocycles. The van der Waals surface area contributed by atoms with Crippen molar-refractivity contribution in [3.8, 4) is 0 Å². The van der Waals surface area contributed by atoms with E-state index in [1.165, 1.54) is 6.42 Å². The molecule has 0 bridgehead atoms. The Kier molecular flexibility index (Phi) is 4.81. The molecule has 0 atom stereocenters.